The first-order chi connectivity index (χ1) is 6.49. The summed E-state index contributed by atoms with van der Waals surface area (Å²) >= 11 is 9.86. The van der Waals surface area contributed by atoms with Crippen molar-refractivity contribution >= 4 is 47.8 Å². The van der Waals surface area contributed by atoms with Gasteiger partial charge in [-0.1, -0.05) is 15.9 Å². The molecule has 1 aromatic rings. The lowest BCUT2D eigenvalue weighted by Crippen LogP contribution is -2.21. The minimum Gasteiger partial charge on any atom is -0.506 e. The molecule has 3 nitrogen and oxygen atoms in total. The summed E-state index contributed by atoms with van der Waals surface area (Å²) in [5.74, 6) is 0.132. The van der Waals surface area contributed by atoms with Crippen LogP contribution < -0.4 is 11.5 Å². The van der Waals surface area contributed by atoms with Crippen molar-refractivity contribution in [3.63, 3.8) is 0 Å². The molecule has 0 unspecified atom stereocenters. The average molecular weight is 389 g/mol. The van der Waals surface area contributed by atoms with Crippen LogP contribution in [0.2, 0.25) is 0 Å². The predicted octanol–water partition coefficient (Wildman–Crippen LogP) is 2.64. The van der Waals surface area contributed by atoms with Crippen LogP contribution in [-0.2, 0) is 0 Å². The first kappa shape index (κ1) is 12.4. The van der Waals surface area contributed by atoms with Crippen molar-refractivity contribution in [1.82, 2.24) is 0 Å². The van der Waals surface area contributed by atoms with Gasteiger partial charge in [-0.25, -0.2) is 0 Å². The van der Waals surface area contributed by atoms with Crippen LogP contribution in [0.1, 0.15) is 11.6 Å². The zero-order chi connectivity index (χ0) is 10.9. The van der Waals surface area contributed by atoms with Crippen LogP contribution in [0.3, 0.4) is 0 Å². The van der Waals surface area contributed by atoms with Crippen molar-refractivity contribution in [3.8, 4) is 5.75 Å². The molecule has 1 aromatic carbocycles. The van der Waals surface area contributed by atoms with Gasteiger partial charge in [-0.2, -0.15) is 0 Å². The van der Waals surface area contributed by atoms with Crippen LogP contribution in [0.25, 0.3) is 0 Å². The minimum atomic E-state index is -0.308. The van der Waals surface area contributed by atoms with Gasteiger partial charge in [0.25, 0.3) is 0 Å². The fraction of sp³-hybridized carbons (Fsp3) is 0.250. The van der Waals surface area contributed by atoms with Crippen LogP contribution in [0.15, 0.2) is 19.5 Å². The Morgan fingerprint density at radius 1 is 1.29 bits per heavy atom. The average Bonchev–Trinajstić information content (AvgIpc) is 2.14. The molecule has 0 bridgehead atoms. The van der Waals surface area contributed by atoms with Crippen LogP contribution in [0, 0.1) is 0 Å². The molecule has 1 rings (SSSR count). The summed E-state index contributed by atoms with van der Waals surface area (Å²) in [6.45, 7) is 0.318. The van der Waals surface area contributed by atoms with E-state index in [1.165, 1.54) is 0 Å². The third-order valence-electron chi connectivity index (χ3n) is 1.81. The number of aromatic hydroxyl groups is 1. The van der Waals surface area contributed by atoms with Crippen LogP contribution in [0.4, 0.5) is 0 Å². The molecule has 78 valence electrons. The molecule has 0 radical (unpaired) electrons. The van der Waals surface area contributed by atoms with Crippen molar-refractivity contribution < 1.29 is 5.11 Å². The third kappa shape index (κ3) is 2.30. The Balaban J connectivity index is 3.36. The first-order valence-electron chi connectivity index (χ1n) is 3.81. The molecule has 0 saturated heterocycles. The molecule has 0 saturated carbocycles. The molecule has 0 aliphatic heterocycles. The minimum absolute atomic E-state index is 0.132. The van der Waals surface area contributed by atoms with Gasteiger partial charge in [-0.05, 0) is 37.9 Å². The van der Waals surface area contributed by atoms with Crippen molar-refractivity contribution in [2.24, 2.45) is 11.5 Å². The summed E-state index contributed by atoms with van der Waals surface area (Å²) in [7, 11) is 0. The first-order valence-corrected chi connectivity index (χ1v) is 6.19. The van der Waals surface area contributed by atoms with Crippen molar-refractivity contribution in [3.05, 3.63) is 25.0 Å². The number of phenols is 1. The Kier molecular flexibility index (Phi) is 4.39. The van der Waals surface area contributed by atoms with Crippen LogP contribution in [-0.4, -0.2) is 11.7 Å². The highest BCUT2D eigenvalue weighted by molar-refractivity contribution is 9.11. The molecule has 0 aliphatic carbocycles. The summed E-state index contributed by atoms with van der Waals surface area (Å²) in [5.41, 5.74) is 12.0. The summed E-state index contributed by atoms with van der Waals surface area (Å²) < 4.78 is 1.98. The van der Waals surface area contributed by atoms with Gasteiger partial charge < -0.3 is 16.6 Å². The smallest absolute Gasteiger partial charge is 0.144 e. The Bertz CT molecular complexity index is 357. The van der Waals surface area contributed by atoms with Gasteiger partial charge >= 0.3 is 0 Å². The fourth-order valence-corrected chi connectivity index (χ4v) is 3.76. The summed E-state index contributed by atoms with van der Waals surface area (Å²) in [4.78, 5) is 0. The lowest BCUT2D eigenvalue weighted by molar-refractivity contribution is 0.466. The summed E-state index contributed by atoms with van der Waals surface area (Å²) in [6, 6.07) is 1.43. The number of benzene rings is 1. The molecule has 0 fully saturated rings. The van der Waals surface area contributed by atoms with E-state index in [2.05, 4.69) is 47.8 Å². The lowest BCUT2D eigenvalue weighted by Gasteiger charge is -2.15. The Hall–Kier alpha value is 0.380. The lowest BCUT2D eigenvalue weighted by atomic mass is 10.1. The molecule has 0 aliphatic rings. The molecular weight excluding hydrogens is 380 g/mol. The van der Waals surface area contributed by atoms with Crippen molar-refractivity contribution in [2.45, 2.75) is 6.04 Å². The van der Waals surface area contributed by atoms with E-state index in [4.69, 9.17) is 11.5 Å². The van der Waals surface area contributed by atoms with Gasteiger partial charge in [0, 0.05) is 22.6 Å². The van der Waals surface area contributed by atoms with E-state index in [0.717, 1.165) is 10.0 Å². The SMILES string of the molecule is NC[C@H](N)c1c(Br)cc(Br)c(O)c1Br. The molecule has 14 heavy (non-hydrogen) atoms. The van der Waals surface area contributed by atoms with Gasteiger partial charge in [0.1, 0.15) is 5.75 Å². The summed E-state index contributed by atoms with van der Waals surface area (Å²) in [5, 5.41) is 9.65. The van der Waals surface area contributed by atoms with E-state index < -0.39 is 0 Å². The fourth-order valence-electron chi connectivity index (χ4n) is 1.05. The van der Waals surface area contributed by atoms with E-state index in [1.54, 1.807) is 6.07 Å². The number of hydrogen-bond donors (Lipinski definition) is 3. The number of hydrogen-bond acceptors (Lipinski definition) is 3. The maximum atomic E-state index is 9.65. The molecule has 5 N–H and O–H groups in total. The third-order valence-corrected chi connectivity index (χ3v) is 3.87. The highest BCUT2D eigenvalue weighted by atomic mass is 79.9. The molecular formula is C8H9Br3N2O. The van der Waals surface area contributed by atoms with Crippen LogP contribution in [0.5, 0.6) is 5.75 Å². The van der Waals surface area contributed by atoms with Crippen LogP contribution >= 0.6 is 47.8 Å². The van der Waals surface area contributed by atoms with E-state index in [0.29, 0.717) is 15.5 Å². The zero-order valence-corrected chi connectivity index (χ0v) is 11.9. The Morgan fingerprint density at radius 2 is 1.86 bits per heavy atom. The number of halogens is 3. The second-order valence-electron chi connectivity index (χ2n) is 2.76. The predicted molar refractivity (Wildman–Crippen MR) is 67.2 cm³/mol. The van der Waals surface area contributed by atoms with E-state index in [9.17, 15) is 5.11 Å². The van der Waals surface area contributed by atoms with E-state index in [1.807, 2.05) is 0 Å². The molecule has 1 atom stereocenters. The van der Waals surface area contributed by atoms with Gasteiger partial charge in [-0.3, -0.25) is 0 Å². The topological polar surface area (TPSA) is 72.3 Å². The highest BCUT2D eigenvalue weighted by Crippen LogP contribution is 2.41. The second-order valence-corrected chi connectivity index (χ2v) is 5.26. The normalized spacial score (nSPS) is 12.9. The van der Waals surface area contributed by atoms with Gasteiger partial charge in [0.05, 0.1) is 8.95 Å². The molecule has 0 heterocycles. The van der Waals surface area contributed by atoms with E-state index >= 15 is 0 Å². The highest BCUT2D eigenvalue weighted by Gasteiger charge is 2.17. The number of nitrogens with two attached hydrogens (primary N) is 2. The van der Waals surface area contributed by atoms with Gasteiger partial charge in [0.2, 0.25) is 0 Å². The second kappa shape index (κ2) is 4.94. The molecule has 0 aromatic heterocycles. The Morgan fingerprint density at radius 3 is 2.36 bits per heavy atom. The van der Waals surface area contributed by atoms with E-state index in [-0.39, 0.29) is 11.8 Å². The maximum absolute atomic E-state index is 9.65. The molecule has 6 heteroatoms. The maximum Gasteiger partial charge on any atom is 0.144 e. The standard InChI is InChI=1S/C8H9Br3N2O/c9-3-1-4(10)8(14)7(11)6(3)5(13)2-12/h1,5,14H,2,12-13H2/t5-/m0/s1. The number of phenolic OH excluding ortho intramolecular Hbond substituents is 1. The van der Waals surface area contributed by atoms with Gasteiger partial charge in [0.15, 0.2) is 0 Å². The van der Waals surface area contributed by atoms with Crippen molar-refractivity contribution in [2.75, 3.05) is 6.54 Å². The largest absolute Gasteiger partial charge is 0.506 e. The number of rotatable bonds is 2. The van der Waals surface area contributed by atoms with Crippen molar-refractivity contribution in [1.29, 1.82) is 0 Å². The van der Waals surface area contributed by atoms with Gasteiger partial charge in [-0.15, -0.1) is 0 Å². The molecule has 0 amide bonds. The quantitative estimate of drug-likeness (QED) is 0.729. The zero-order valence-electron chi connectivity index (χ0n) is 7.10. The summed E-state index contributed by atoms with van der Waals surface area (Å²) in [6.07, 6.45) is 0. The Labute approximate surface area is 107 Å². The monoisotopic (exact) mass is 386 g/mol. The molecule has 0 spiro atoms.